The Labute approximate surface area is 410 Å². The number of hydrogen-bond acceptors (Lipinski definition) is 7. The highest BCUT2D eigenvalue weighted by Gasteiger charge is 2.25. The van der Waals surface area contributed by atoms with Crippen LogP contribution in [0.15, 0.2) is 109 Å². The van der Waals surface area contributed by atoms with Gasteiger partial charge in [-0.2, -0.15) is 0 Å². The van der Waals surface area contributed by atoms with Gasteiger partial charge in [-0.15, -0.1) is 0 Å². The number of carbonyl (C=O) groups is 3. The molecule has 0 aromatic heterocycles. The molecular weight excluding hydrogens is 835 g/mol. The van der Waals surface area contributed by atoms with Crippen LogP contribution >= 0.6 is 0 Å². The van der Waals surface area contributed by atoms with Crippen molar-refractivity contribution in [3.05, 3.63) is 109 Å². The normalized spacial score (nSPS) is 13.7. The van der Waals surface area contributed by atoms with Gasteiger partial charge in [0.1, 0.15) is 12.6 Å². The van der Waals surface area contributed by atoms with Gasteiger partial charge in [-0.05, 0) is 89.9 Å². The number of nitrogens with zero attached hydrogens (tertiary/aromatic N) is 1. The van der Waals surface area contributed by atoms with Crippen molar-refractivity contribution in [2.24, 2.45) is 0 Å². The molecule has 0 spiro atoms. The average molecular weight is 932 g/mol. The molecule has 2 atom stereocenters. The van der Waals surface area contributed by atoms with Gasteiger partial charge in [0.2, 0.25) is 0 Å². The van der Waals surface area contributed by atoms with Crippen molar-refractivity contribution in [2.45, 2.75) is 206 Å². The Morgan fingerprint density at radius 1 is 0.478 bits per heavy atom. The highest BCUT2D eigenvalue weighted by molar-refractivity contribution is 5.70. The summed E-state index contributed by atoms with van der Waals surface area (Å²) in [6.45, 7) is 4.46. The molecule has 0 N–H and O–H groups in total. The van der Waals surface area contributed by atoms with Crippen LogP contribution in [0.1, 0.15) is 194 Å². The molecule has 0 bridgehead atoms. The molecule has 0 amide bonds. The summed E-state index contributed by atoms with van der Waals surface area (Å²) in [7, 11) is 5.39. The fraction of sp³-hybridized carbons (Fsp3) is 0.644. The lowest BCUT2D eigenvalue weighted by atomic mass is 10.1. The third-order valence-electron chi connectivity index (χ3n) is 11.2. The van der Waals surface area contributed by atoms with Crippen molar-refractivity contribution in [3.63, 3.8) is 0 Å². The van der Waals surface area contributed by atoms with Crippen LogP contribution < -0.4 is 5.11 Å². The van der Waals surface area contributed by atoms with Gasteiger partial charge in [0, 0.05) is 19.3 Å². The number of unbranched alkanes of at least 4 members (excludes halogenated alkanes) is 15. The van der Waals surface area contributed by atoms with Crippen LogP contribution in [-0.2, 0) is 28.6 Å². The fourth-order valence-electron chi connectivity index (χ4n) is 7.11. The second kappa shape index (κ2) is 48.4. The van der Waals surface area contributed by atoms with Crippen LogP contribution in [0.25, 0.3) is 0 Å². The molecule has 0 radical (unpaired) electrons. The van der Waals surface area contributed by atoms with Crippen LogP contribution in [-0.4, -0.2) is 75.5 Å². The molecule has 0 aliphatic heterocycles. The molecule has 8 nitrogen and oxygen atoms in total. The van der Waals surface area contributed by atoms with Gasteiger partial charge in [0.25, 0.3) is 0 Å². The third-order valence-corrected chi connectivity index (χ3v) is 11.2. The van der Waals surface area contributed by atoms with E-state index in [2.05, 4.69) is 123 Å². The Balaban J connectivity index is 4.37. The first-order valence-corrected chi connectivity index (χ1v) is 26.4. The molecule has 380 valence electrons. The molecule has 0 aliphatic rings. The largest absolute Gasteiger partial charge is 0.544 e. The second-order valence-electron chi connectivity index (χ2n) is 18.4. The minimum atomic E-state index is -1.14. The molecule has 0 rings (SSSR count). The highest BCUT2D eigenvalue weighted by Crippen LogP contribution is 2.14. The fourth-order valence-corrected chi connectivity index (χ4v) is 7.11. The quantitative estimate of drug-likeness (QED) is 0.0197. The SMILES string of the molecule is CC/C=C/C/C=C/C/C=C/C/C=C/C/C=C/C/C=C/C/C=C/CCCC(=O)OCC(COCCC(C(=O)[O-])[N+](C)(C)C)OC(=O)CCCCCCCCCCCC/C=C/C=C/CCCCCC. The van der Waals surface area contributed by atoms with E-state index >= 15 is 0 Å². The summed E-state index contributed by atoms with van der Waals surface area (Å²) < 4.78 is 17.2. The zero-order valence-corrected chi connectivity index (χ0v) is 43.3. The summed E-state index contributed by atoms with van der Waals surface area (Å²) in [5.41, 5.74) is 0. The van der Waals surface area contributed by atoms with Crippen LogP contribution in [0.5, 0.6) is 0 Å². The summed E-state index contributed by atoms with van der Waals surface area (Å²) in [5.74, 6) is -1.83. The third kappa shape index (κ3) is 46.9. The van der Waals surface area contributed by atoms with Gasteiger partial charge < -0.3 is 28.6 Å². The van der Waals surface area contributed by atoms with Gasteiger partial charge in [-0.25, -0.2) is 0 Å². The molecule has 67 heavy (non-hydrogen) atoms. The van der Waals surface area contributed by atoms with E-state index in [-0.39, 0.29) is 49.1 Å². The smallest absolute Gasteiger partial charge is 0.306 e. The topological polar surface area (TPSA) is 102 Å². The zero-order chi connectivity index (χ0) is 49.2. The van der Waals surface area contributed by atoms with Gasteiger partial charge in [-0.1, -0.05) is 194 Å². The molecule has 0 aliphatic carbocycles. The van der Waals surface area contributed by atoms with Crippen LogP contribution in [0.4, 0.5) is 0 Å². The zero-order valence-electron chi connectivity index (χ0n) is 43.3. The van der Waals surface area contributed by atoms with E-state index in [9.17, 15) is 19.5 Å². The van der Waals surface area contributed by atoms with Gasteiger partial charge in [0.15, 0.2) is 6.10 Å². The summed E-state index contributed by atoms with van der Waals surface area (Å²) >= 11 is 0. The predicted molar refractivity (Wildman–Crippen MR) is 281 cm³/mol. The molecule has 2 unspecified atom stereocenters. The molecule has 0 saturated carbocycles. The lowest BCUT2D eigenvalue weighted by Crippen LogP contribution is -2.55. The molecular formula is C59H97NO7. The minimum Gasteiger partial charge on any atom is -0.544 e. The number of hydrogen-bond donors (Lipinski definition) is 0. The maximum Gasteiger partial charge on any atom is 0.306 e. The lowest BCUT2D eigenvalue weighted by molar-refractivity contribution is -0.889. The standard InChI is InChI=1S/C59H97NO7/c1-6-8-10-12-14-16-18-20-22-24-26-28-29-30-32-33-35-37-39-41-43-45-47-49-57(61)66-54-55(53-65-52-51-56(59(63)64)60(3,4)5)67-58(62)50-48-46-44-42-40-38-36-34-31-27-25-23-21-19-17-15-13-11-9-7-2/h8,10,14,16-17,19-23,26,28,30,32,35,37,41,43,55-56H,6-7,9,11-13,15,18,24-25,27,29,31,33-34,36,38-40,42,44-54H2,1-5H3/b10-8+,16-14+,19-17+,22-20+,23-21+,28-26+,32-30+,37-35+,43-41+. The van der Waals surface area contributed by atoms with E-state index < -0.39 is 18.1 Å². The van der Waals surface area contributed by atoms with E-state index in [0.717, 1.165) is 77.0 Å². The van der Waals surface area contributed by atoms with E-state index in [1.165, 1.54) is 77.0 Å². The summed E-state index contributed by atoms with van der Waals surface area (Å²) in [5, 5.41) is 11.7. The Kier molecular flexibility index (Phi) is 45.5. The maximum atomic E-state index is 12.8. The van der Waals surface area contributed by atoms with Crippen molar-refractivity contribution in [1.29, 1.82) is 0 Å². The Morgan fingerprint density at radius 3 is 1.36 bits per heavy atom. The molecule has 0 fully saturated rings. The van der Waals surface area contributed by atoms with Crippen LogP contribution in [0.2, 0.25) is 0 Å². The lowest BCUT2D eigenvalue weighted by Gasteiger charge is -2.34. The monoisotopic (exact) mass is 932 g/mol. The number of quaternary nitrogens is 1. The number of carboxylic acid groups (broad SMARTS) is 1. The van der Waals surface area contributed by atoms with Crippen molar-refractivity contribution in [2.75, 3.05) is 41.0 Å². The van der Waals surface area contributed by atoms with Crippen molar-refractivity contribution in [1.82, 2.24) is 0 Å². The van der Waals surface area contributed by atoms with E-state index in [1.807, 2.05) is 0 Å². The van der Waals surface area contributed by atoms with Crippen LogP contribution in [0.3, 0.4) is 0 Å². The molecule has 0 aromatic carbocycles. The molecule has 0 saturated heterocycles. The van der Waals surface area contributed by atoms with Crippen LogP contribution in [0, 0.1) is 0 Å². The maximum absolute atomic E-state index is 12.8. The number of rotatable bonds is 46. The highest BCUT2D eigenvalue weighted by atomic mass is 16.6. The first-order chi connectivity index (χ1) is 32.6. The summed E-state index contributed by atoms with van der Waals surface area (Å²) in [4.78, 5) is 37.1. The summed E-state index contributed by atoms with van der Waals surface area (Å²) in [6, 6.07) is -0.742. The average Bonchev–Trinajstić information content (AvgIpc) is 3.29. The van der Waals surface area contributed by atoms with E-state index in [0.29, 0.717) is 12.8 Å². The Hall–Kier alpha value is -4.01. The Bertz CT molecular complexity index is 1460. The number of esters is 2. The van der Waals surface area contributed by atoms with Gasteiger partial charge in [-0.3, -0.25) is 9.59 Å². The number of allylic oxidation sites excluding steroid dienone is 18. The number of carboxylic acids is 1. The van der Waals surface area contributed by atoms with E-state index in [1.54, 1.807) is 21.1 Å². The molecule has 0 heterocycles. The van der Waals surface area contributed by atoms with Crippen molar-refractivity contribution < 1.29 is 38.2 Å². The first kappa shape index (κ1) is 63.0. The minimum absolute atomic E-state index is 0.0144. The van der Waals surface area contributed by atoms with Crippen molar-refractivity contribution >= 4 is 17.9 Å². The number of aliphatic carboxylic acids is 1. The van der Waals surface area contributed by atoms with Gasteiger partial charge >= 0.3 is 11.9 Å². The Morgan fingerprint density at radius 2 is 0.896 bits per heavy atom. The number of carbonyl (C=O) groups excluding carboxylic acids is 3. The number of likely N-dealkylation sites (N-methyl/N-ethyl adjacent to an activating group) is 1. The van der Waals surface area contributed by atoms with E-state index in [4.69, 9.17) is 14.2 Å². The van der Waals surface area contributed by atoms with Gasteiger partial charge in [0.05, 0.1) is 40.3 Å². The molecule has 8 heteroatoms. The molecule has 0 aromatic rings. The van der Waals surface area contributed by atoms with Crippen molar-refractivity contribution in [3.8, 4) is 0 Å². The predicted octanol–water partition coefficient (Wildman–Crippen LogP) is 14.3. The second-order valence-corrected chi connectivity index (χ2v) is 18.4. The number of ether oxygens (including phenoxy) is 3. The first-order valence-electron chi connectivity index (χ1n) is 26.4. The summed E-state index contributed by atoms with van der Waals surface area (Å²) in [6.07, 6.45) is 67.0.